The summed E-state index contributed by atoms with van der Waals surface area (Å²) < 4.78 is 0. The number of rotatable bonds is 3. The van der Waals surface area contributed by atoms with Crippen LogP contribution in [0.5, 0.6) is 0 Å². The quantitative estimate of drug-likeness (QED) is 0.780. The van der Waals surface area contributed by atoms with Gasteiger partial charge < -0.3 is 20.9 Å². The van der Waals surface area contributed by atoms with Crippen molar-refractivity contribution in [3.8, 4) is 0 Å². The molecule has 1 fully saturated rings. The van der Waals surface area contributed by atoms with Crippen molar-refractivity contribution in [2.24, 2.45) is 0 Å². The van der Waals surface area contributed by atoms with Crippen LogP contribution in [-0.4, -0.2) is 42.1 Å². The molecule has 2 aliphatic heterocycles. The number of piperazine rings is 1. The maximum Gasteiger partial charge on any atom is 0.254 e. The van der Waals surface area contributed by atoms with Crippen LogP contribution in [0.1, 0.15) is 15.9 Å². The maximum atomic E-state index is 11.9. The number of aromatic nitrogens is 2. The summed E-state index contributed by atoms with van der Waals surface area (Å²) in [6, 6.07) is 3.99. The molecular formula is C16H18N6O. The van der Waals surface area contributed by atoms with Crippen LogP contribution in [0.3, 0.4) is 0 Å². The maximum absolute atomic E-state index is 11.9. The number of carbonyl (C=O) groups excluding carboxylic acids is 1. The predicted molar refractivity (Wildman–Crippen MR) is 88.0 cm³/mol. The fourth-order valence-corrected chi connectivity index (χ4v) is 2.97. The van der Waals surface area contributed by atoms with Crippen LogP contribution in [-0.2, 0) is 6.54 Å². The second kappa shape index (κ2) is 5.85. The molecule has 1 saturated heterocycles. The van der Waals surface area contributed by atoms with E-state index in [1.165, 1.54) is 0 Å². The summed E-state index contributed by atoms with van der Waals surface area (Å²) in [4.78, 5) is 22.9. The molecule has 2 aromatic heterocycles. The first-order chi connectivity index (χ1) is 11.3. The van der Waals surface area contributed by atoms with E-state index >= 15 is 0 Å². The lowest BCUT2D eigenvalue weighted by molar-refractivity contribution is 0.0966. The zero-order chi connectivity index (χ0) is 15.6. The van der Waals surface area contributed by atoms with Crippen LogP contribution in [0.4, 0.5) is 17.2 Å². The normalized spacial score (nSPS) is 16.9. The van der Waals surface area contributed by atoms with Gasteiger partial charge in [0.1, 0.15) is 5.82 Å². The second-order valence-electron chi connectivity index (χ2n) is 5.67. The number of hydrogen-bond acceptors (Lipinski definition) is 6. The van der Waals surface area contributed by atoms with E-state index in [4.69, 9.17) is 0 Å². The van der Waals surface area contributed by atoms with Crippen molar-refractivity contribution in [2.45, 2.75) is 6.54 Å². The van der Waals surface area contributed by atoms with Crippen molar-refractivity contribution < 1.29 is 4.79 Å². The number of carbonyl (C=O) groups is 1. The Kier molecular flexibility index (Phi) is 3.55. The molecule has 0 aliphatic carbocycles. The highest BCUT2D eigenvalue weighted by molar-refractivity contribution is 6.03. The van der Waals surface area contributed by atoms with Gasteiger partial charge in [0.15, 0.2) is 0 Å². The molecule has 0 saturated carbocycles. The van der Waals surface area contributed by atoms with Gasteiger partial charge in [0.05, 0.1) is 29.3 Å². The monoisotopic (exact) mass is 310 g/mol. The Hall–Kier alpha value is -2.67. The van der Waals surface area contributed by atoms with Crippen LogP contribution in [0.2, 0.25) is 0 Å². The van der Waals surface area contributed by atoms with E-state index in [9.17, 15) is 4.79 Å². The lowest BCUT2D eigenvalue weighted by atomic mass is 10.1. The van der Waals surface area contributed by atoms with Crippen molar-refractivity contribution in [3.63, 3.8) is 0 Å². The summed E-state index contributed by atoms with van der Waals surface area (Å²) in [6.45, 7) is 4.51. The average molecular weight is 310 g/mol. The van der Waals surface area contributed by atoms with Gasteiger partial charge in [-0.3, -0.25) is 9.78 Å². The third-order valence-corrected chi connectivity index (χ3v) is 4.18. The molecule has 7 heteroatoms. The van der Waals surface area contributed by atoms with Crippen molar-refractivity contribution in [1.82, 2.24) is 20.6 Å². The Morgan fingerprint density at radius 1 is 1.13 bits per heavy atom. The number of nitrogens with one attached hydrogen (secondary N) is 3. The number of nitrogens with zero attached hydrogens (tertiary/aromatic N) is 3. The molecule has 7 nitrogen and oxygen atoms in total. The van der Waals surface area contributed by atoms with E-state index in [1.54, 1.807) is 12.4 Å². The summed E-state index contributed by atoms with van der Waals surface area (Å²) in [6.07, 6.45) is 5.25. The molecule has 2 aromatic rings. The Morgan fingerprint density at radius 2 is 2.00 bits per heavy atom. The Balaban J connectivity index is 1.54. The van der Waals surface area contributed by atoms with Crippen LogP contribution in [0.25, 0.3) is 0 Å². The zero-order valence-electron chi connectivity index (χ0n) is 12.7. The molecule has 0 unspecified atom stereocenters. The van der Waals surface area contributed by atoms with Crippen molar-refractivity contribution in [3.05, 3.63) is 41.9 Å². The molecule has 2 aliphatic rings. The minimum atomic E-state index is -0.0673. The van der Waals surface area contributed by atoms with Crippen molar-refractivity contribution in [1.29, 1.82) is 0 Å². The van der Waals surface area contributed by atoms with Crippen molar-refractivity contribution in [2.75, 3.05) is 36.4 Å². The zero-order valence-corrected chi connectivity index (χ0v) is 12.7. The molecule has 118 valence electrons. The van der Waals surface area contributed by atoms with E-state index in [0.29, 0.717) is 23.6 Å². The molecule has 23 heavy (non-hydrogen) atoms. The first-order valence-corrected chi connectivity index (χ1v) is 7.75. The molecule has 0 spiro atoms. The minimum Gasteiger partial charge on any atom is -0.368 e. The number of hydrogen-bond donors (Lipinski definition) is 3. The Labute approximate surface area is 134 Å². The third-order valence-electron chi connectivity index (χ3n) is 4.18. The van der Waals surface area contributed by atoms with Gasteiger partial charge in [-0.15, -0.1) is 0 Å². The minimum absolute atomic E-state index is 0.0673. The highest BCUT2D eigenvalue weighted by Crippen LogP contribution is 2.26. The molecule has 0 bridgehead atoms. The van der Waals surface area contributed by atoms with E-state index in [-0.39, 0.29) is 5.91 Å². The van der Waals surface area contributed by atoms with E-state index in [0.717, 1.165) is 37.4 Å². The molecule has 0 aromatic carbocycles. The molecule has 0 radical (unpaired) electrons. The van der Waals surface area contributed by atoms with Gasteiger partial charge in [0, 0.05) is 44.5 Å². The van der Waals surface area contributed by atoms with E-state index in [2.05, 4.69) is 36.9 Å². The van der Waals surface area contributed by atoms with E-state index < -0.39 is 0 Å². The van der Waals surface area contributed by atoms with Gasteiger partial charge >= 0.3 is 0 Å². The lowest BCUT2D eigenvalue weighted by Gasteiger charge is -2.29. The number of amides is 1. The second-order valence-corrected chi connectivity index (χ2v) is 5.67. The fraction of sp³-hybridized carbons (Fsp3) is 0.312. The van der Waals surface area contributed by atoms with Gasteiger partial charge in [-0.2, -0.15) is 0 Å². The Bertz CT molecular complexity index is 724. The molecule has 1 amide bonds. The number of anilines is 3. The molecule has 4 rings (SSSR count). The van der Waals surface area contributed by atoms with Crippen LogP contribution in [0, 0.1) is 0 Å². The van der Waals surface area contributed by atoms with Crippen molar-refractivity contribution >= 4 is 23.1 Å². The molecular weight excluding hydrogens is 292 g/mol. The molecule has 4 heterocycles. The lowest BCUT2D eigenvalue weighted by Crippen LogP contribution is -2.43. The highest BCUT2D eigenvalue weighted by atomic mass is 16.1. The first-order valence-electron chi connectivity index (χ1n) is 7.75. The topological polar surface area (TPSA) is 82.2 Å². The average Bonchev–Trinajstić information content (AvgIpc) is 2.99. The summed E-state index contributed by atoms with van der Waals surface area (Å²) in [5, 5.41) is 9.35. The SMILES string of the molecule is O=C1NCc2cncc(Nc3ccc(N4CCNCC4)cn3)c21. The van der Waals surface area contributed by atoms with Crippen LogP contribution in [0.15, 0.2) is 30.7 Å². The predicted octanol–water partition coefficient (Wildman–Crippen LogP) is 0.873. The number of fused-ring (bicyclic) bond motifs is 1. The van der Waals surface area contributed by atoms with Crippen LogP contribution >= 0.6 is 0 Å². The standard InChI is InChI=1S/C16H18N6O/c23-16-15-11(8-20-16)7-18-10-13(15)21-14-2-1-12(9-19-14)22-5-3-17-4-6-22/h1-2,7,9-10,17H,3-6,8H2,(H,19,21)(H,20,23). The van der Waals surface area contributed by atoms with Gasteiger partial charge in [0.25, 0.3) is 5.91 Å². The largest absolute Gasteiger partial charge is 0.368 e. The molecule has 0 atom stereocenters. The molecule has 3 N–H and O–H groups in total. The van der Waals surface area contributed by atoms with E-state index in [1.807, 2.05) is 12.3 Å². The van der Waals surface area contributed by atoms with Gasteiger partial charge in [0.2, 0.25) is 0 Å². The third kappa shape index (κ3) is 2.70. The first kappa shape index (κ1) is 14.0. The number of pyridine rings is 2. The summed E-state index contributed by atoms with van der Waals surface area (Å²) in [5.74, 6) is 0.640. The summed E-state index contributed by atoms with van der Waals surface area (Å²) >= 11 is 0. The summed E-state index contributed by atoms with van der Waals surface area (Å²) in [5.41, 5.74) is 3.39. The van der Waals surface area contributed by atoms with Gasteiger partial charge in [-0.1, -0.05) is 0 Å². The van der Waals surface area contributed by atoms with Gasteiger partial charge in [-0.25, -0.2) is 4.98 Å². The summed E-state index contributed by atoms with van der Waals surface area (Å²) in [7, 11) is 0. The fourth-order valence-electron chi connectivity index (χ4n) is 2.97. The van der Waals surface area contributed by atoms with Gasteiger partial charge in [-0.05, 0) is 12.1 Å². The Morgan fingerprint density at radius 3 is 2.78 bits per heavy atom. The van der Waals surface area contributed by atoms with Crippen LogP contribution < -0.4 is 20.9 Å². The highest BCUT2D eigenvalue weighted by Gasteiger charge is 2.23. The smallest absolute Gasteiger partial charge is 0.254 e.